The van der Waals surface area contributed by atoms with E-state index >= 15 is 0 Å². The first-order chi connectivity index (χ1) is 11.9. The van der Waals surface area contributed by atoms with Gasteiger partial charge in [0.1, 0.15) is 0 Å². The summed E-state index contributed by atoms with van der Waals surface area (Å²) in [5, 5.41) is 22.6. The van der Waals surface area contributed by atoms with E-state index in [2.05, 4.69) is 25.0 Å². The van der Waals surface area contributed by atoms with Crippen LogP contribution in [0.25, 0.3) is 0 Å². The number of rotatable bonds is 18. The fraction of sp³-hybridized carbons (Fsp3) is 1.00. The van der Waals surface area contributed by atoms with Gasteiger partial charge in [0.05, 0.1) is 11.2 Å². The molecule has 0 spiro atoms. The quantitative estimate of drug-likeness (QED) is 0.284. The van der Waals surface area contributed by atoms with Gasteiger partial charge in [-0.1, -0.05) is 0 Å². The molecule has 6 heteroatoms. The lowest BCUT2D eigenvalue weighted by atomic mass is 9.77. The lowest BCUT2D eigenvalue weighted by molar-refractivity contribution is -0.0809. The minimum atomic E-state index is -0.709. The van der Waals surface area contributed by atoms with Crippen molar-refractivity contribution in [2.75, 3.05) is 48.0 Å². The van der Waals surface area contributed by atoms with E-state index in [1.807, 2.05) is 47.0 Å². The third kappa shape index (κ3) is 14.0. The summed E-state index contributed by atoms with van der Waals surface area (Å²) in [5.41, 5.74) is -1.42. The standard InChI is InChI=1S/C19H40O2S4/c1-22-13-5-9-18(20,10-6-14-23-2)17-19(21,11-7-15-24-3)12-8-16-25-4/h20-21H,5-17H2,1-4H3. The zero-order valence-electron chi connectivity index (χ0n) is 16.7. The largest absolute Gasteiger partial charge is 0.390 e. The Labute approximate surface area is 173 Å². The maximum absolute atomic E-state index is 11.3. The second-order valence-electron chi connectivity index (χ2n) is 7.01. The lowest BCUT2D eigenvalue weighted by Crippen LogP contribution is -2.42. The van der Waals surface area contributed by atoms with E-state index in [0.29, 0.717) is 6.42 Å². The van der Waals surface area contributed by atoms with E-state index in [9.17, 15) is 10.2 Å². The summed E-state index contributed by atoms with van der Waals surface area (Å²) >= 11 is 7.36. The second kappa shape index (κ2) is 16.3. The van der Waals surface area contributed by atoms with Crippen LogP contribution >= 0.6 is 47.0 Å². The van der Waals surface area contributed by atoms with Crippen molar-refractivity contribution in [1.29, 1.82) is 0 Å². The molecule has 152 valence electrons. The van der Waals surface area contributed by atoms with Crippen LogP contribution in [0, 0.1) is 0 Å². The SMILES string of the molecule is CSCCCC(O)(CCCSC)CC(O)(CCCSC)CCCSC. The fourth-order valence-corrected chi connectivity index (χ4v) is 5.13. The highest BCUT2D eigenvalue weighted by Gasteiger charge is 2.37. The van der Waals surface area contributed by atoms with E-state index in [4.69, 9.17) is 0 Å². The minimum absolute atomic E-state index is 0.547. The van der Waals surface area contributed by atoms with Gasteiger partial charge in [0.25, 0.3) is 0 Å². The Morgan fingerprint density at radius 3 is 0.960 bits per heavy atom. The van der Waals surface area contributed by atoms with E-state index in [-0.39, 0.29) is 0 Å². The van der Waals surface area contributed by atoms with Crippen molar-refractivity contribution in [2.24, 2.45) is 0 Å². The first-order valence-electron chi connectivity index (χ1n) is 9.36. The highest BCUT2D eigenvalue weighted by molar-refractivity contribution is 7.99. The Morgan fingerprint density at radius 2 is 0.760 bits per heavy atom. The molecule has 25 heavy (non-hydrogen) atoms. The molecule has 2 nitrogen and oxygen atoms in total. The molecule has 0 aliphatic rings. The van der Waals surface area contributed by atoms with Crippen LogP contribution in [-0.2, 0) is 0 Å². The molecule has 0 saturated heterocycles. The molecule has 0 saturated carbocycles. The summed E-state index contributed by atoms with van der Waals surface area (Å²) in [6.45, 7) is 0. The van der Waals surface area contributed by atoms with E-state index in [1.165, 1.54) is 0 Å². The minimum Gasteiger partial charge on any atom is -0.390 e. The van der Waals surface area contributed by atoms with Crippen LogP contribution in [0.3, 0.4) is 0 Å². The van der Waals surface area contributed by atoms with Crippen molar-refractivity contribution in [3.8, 4) is 0 Å². The molecule has 0 bridgehead atoms. The zero-order valence-corrected chi connectivity index (χ0v) is 20.0. The molecule has 0 aromatic rings. The van der Waals surface area contributed by atoms with Gasteiger partial charge < -0.3 is 10.2 Å². The summed E-state index contributed by atoms with van der Waals surface area (Å²) in [6, 6.07) is 0. The molecule has 0 atom stereocenters. The highest BCUT2D eigenvalue weighted by Crippen LogP contribution is 2.36. The third-order valence-electron chi connectivity index (χ3n) is 4.62. The molecule has 0 unspecified atom stereocenters. The third-order valence-corrected chi connectivity index (χ3v) is 7.41. The second-order valence-corrected chi connectivity index (χ2v) is 11.0. The van der Waals surface area contributed by atoms with Crippen LogP contribution in [-0.4, -0.2) is 69.4 Å². The normalized spacial score (nSPS) is 12.7. The van der Waals surface area contributed by atoms with Crippen LogP contribution in [0.15, 0.2) is 0 Å². The van der Waals surface area contributed by atoms with Gasteiger partial charge in [-0.15, -0.1) is 0 Å². The monoisotopic (exact) mass is 428 g/mol. The molecule has 0 radical (unpaired) electrons. The molecule has 0 heterocycles. The fourth-order valence-electron chi connectivity index (χ4n) is 3.40. The van der Waals surface area contributed by atoms with Crippen molar-refractivity contribution in [3.63, 3.8) is 0 Å². The van der Waals surface area contributed by atoms with Crippen molar-refractivity contribution >= 4 is 47.0 Å². The van der Waals surface area contributed by atoms with Gasteiger partial charge in [0, 0.05) is 6.42 Å². The van der Waals surface area contributed by atoms with Crippen molar-refractivity contribution < 1.29 is 10.2 Å². The van der Waals surface area contributed by atoms with Crippen LogP contribution < -0.4 is 0 Å². The summed E-state index contributed by atoms with van der Waals surface area (Å²) in [7, 11) is 0. The number of hydrogen-bond donors (Lipinski definition) is 2. The Balaban J connectivity index is 4.90. The maximum Gasteiger partial charge on any atom is 0.0675 e. The molecular formula is C19H40O2S4. The molecule has 0 aliphatic carbocycles. The van der Waals surface area contributed by atoms with Crippen LogP contribution in [0.2, 0.25) is 0 Å². The number of thioether (sulfide) groups is 4. The van der Waals surface area contributed by atoms with E-state index < -0.39 is 11.2 Å². The van der Waals surface area contributed by atoms with E-state index in [0.717, 1.165) is 74.4 Å². The average molecular weight is 429 g/mol. The Bertz CT molecular complexity index is 255. The molecule has 0 amide bonds. The predicted octanol–water partition coefficient (Wildman–Crippen LogP) is 5.41. The average Bonchev–Trinajstić information content (AvgIpc) is 2.56. The van der Waals surface area contributed by atoms with Crippen LogP contribution in [0.4, 0.5) is 0 Å². The van der Waals surface area contributed by atoms with Gasteiger partial charge >= 0.3 is 0 Å². The molecular weight excluding hydrogens is 388 g/mol. The van der Waals surface area contributed by atoms with Crippen LogP contribution in [0.1, 0.15) is 57.8 Å². The molecule has 0 aliphatic heterocycles. The van der Waals surface area contributed by atoms with E-state index in [1.54, 1.807) is 0 Å². The lowest BCUT2D eigenvalue weighted by Gasteiger charge is -2.38. The summed E-state index contributed by atoms with van der Waals surface area (Å²) in [5.74, 6) is 4.34. The van der Waals surface area contributed by atoms with Gasteiger partial charge in [0.2, 0.25) is 0 Å². The summed E-state index contributed by atoms with van der Waals surface area (Å²) < 4.78 is 0. The van der Waals surface area contributed by atoms with Gasteiger partial charge in [-0.05, 0) is 99.4 Å². The maximum atomic E-state index is 11.3. The van der Waals surface area contributed by atoms with Crippen molar-refractivity contribution in [3.05, 3.63) is 0 Å². The molecule has 0 fully saturated rings. The first kappa shape index (κ1) is 26.3. The zero-order chi connectivity index (χ0) is 19.0. The smallest absolute Gasteiger partial charge is 0.0675 e. The van der Waals surface area contributed by atoms with Gasteiger partial charge in [-0.25, -0.2) is 0 Å². The number of aliphatic hydroxyl groups is 2. The molecule has 0 aromatic carbocycles. The van der Waals surface area contributed by atoms with Gasteiger partial charge in [-0.2, -0.15) is 47.0 Å². The highest BCUT2D eigenvalue weighted by atomic mass is 32.2. The molecule has 2 N–H and O–H groups in total. The molecule has 0 aromatic heterocycles. The van der Waals surface area contributed by atoms with Gasteiger partial charge in [0.15, 0.2) is 0 Å². The number of hydrogen-bond acceptors (Lipinski definition) is 6. The van der Waals surface area contributed by atoms with Gasteiger partial charge in [-0.3, -0.25) is 0 Å². The topological polar surface area (TPSA) is 40.5 Å². The summed E-state index contributed by atoms with van der Waals surface area (Å²) in [6.07, 6.45) is 16.4. The molecule has 0 rings (SSSR count). The van der Waals surface area contributed by atoms with Crippen molar-refractivity contribution in [2.45, 2.75) is 69.0 Å². The summed E-state index contributed by atoms with van der Waals surface area (Å²) in [4.78, 5) is 0. The Kier molecular flexibility index (Phi) is 17.2. The van der Waals surface area contributed by atoms with Crippen molar-refractivity contribution in [1.82, 2.24) is 0 Å². The Hall–Kier alpha value is 1.32. The van der Waals surface area contributed by atoms with Crippen LogP contribution in [0.5, 0.6) is 0 Å². The first-order valence-corrected chi connectivity index (χ1v) is 14.9. The Morgan fingerprint density at radius 1 is 0.520 bits per heavy atom. The predicted molar refractivity (Wildman–Crippen MR) is 125 cm³/mol.